The second-order valence-corrected chi connectivity index (χ2v) is 6.97. The minimum atomic E-state index is -2.44. The summed E-state index contributed by atoms with van der Waals surface area (Å²) in [4.78, 5) is 17.8. The third-order valence-corrected chi connectivity index (χ3v) is 5.12. The minimum Gasteiger partial charge on any atom is -0.328 e. The molecule has 0 fully saturated rings. The van der Waals surface area contributed by atoms with Crippen LogP contribution in [-0.4, -0.2) is 25.6 Å². The molecule has 0 spiro atoms. The third kappa shape index (κ3) is 2.88. The van der Waals surface area contributed by atoms with Gasteiger partial charge >= 0.3 is 0 Å². The Morgan fingerprint density at radius 1 is 1.24 bits per heavy atom. The molecule has 3 heterocycles. The summed E-state index contributed by atoms with van der Waals surface area (Å²) < 4.78 is 55.8. The van der Waals surface area contributed by atoms with Crippen LogP contribution in [0.1, 0.15) is 34.0 Å². The summed E-state index contributed by atoms with van der Waals surface area (Å²) >= 11 is 0. The molecule has 0 radical (unpaired) electrons. The van der Waals surface area contributed by atoms with Gasteiger partial charge in [-0.25, -0.2) is 4.39 Å². The molecule has 5 rings (SSSR count). The Morgan fingerprint density at radius 3 is 2.90 bits per heavy atom. The maximum Gasteiger partial charge on any atom is 0.256 e. The van der Waals surface area contributed by atoms with Gasteiger partial charge in [0, 0.05) is 41.0 Å². The van der Waals surface area contributed by atoms with E-state index in [0.29, 0.717) is 27.6 Å². The molecule has 0 saturated heterocycles. The molecule has 0 atom stereocenters. The molecule has 0 N–H and O–H groups in total. The molecule has 0 aliphatic carbocycles. The lowest BCUT2D eigenvalue weighted by atomic mass is 9.97. The van der Waals surface area contributed by atoms with Gasteiger partial charge in [-0.2, -0.15) is 5.10 Å². The fourth-order valence-corrected chi connectivity index (χ4v) is 3.69. The standard InChI is InChI=1S/C23H19FN4O/c1-14-9-15(16-5-3-7-21-19(16)11-27(2)26-21)10-20(24)18(14)12-28-13-22-17(23(28)29)6-4-8-25-22/h3-11H,12-13H2,1-2H3/i2D3,13D2. The Bertz CT molecular complexity index is 1440. The van der Waals surface area contributed by atoms with Gasteiger partial charge in [0.25, 0.3) is 5.91 Å². The molecule has 6 heteroatoms. The number of hydrogen-bond acceptors (Lipinski definition) is 3. The summed E-state index contributed by atoms with van der Waals surface area (Å²) in [5, 5.41) is 4.68. The van der Waals surface area contributed by atoms with Crippen molar-refractivity contribution in [2.24, 2.45) is 6.98 Å². The van der Waals surface area contributed by atoms with Gasteiger partial charge in [0.1, 0.15) is 5.82 Å². The average molecular weight is 391 g/mol. The lowest BCUT2D eigenvalue weighted by molar-refractivity contribution is 0.0764. The number of hydrogen-bond donors (Lipinski definition) is 0. The number of halogens is 1. The lowest BCUT2D eigenvalue weighted by Gasteiger charge is -2.18. The predicted molar refractivity (Wildman–Crippen MR) is 109 cm³/mol. The molecule has 2 aromatic heterocycles. The molecule has 5 nitrogen and oxygen atoms in total. The Morgan fingerprint density at radius 2 is 2.10 bits per heavy atom. The van der Waals surface area contributed by atoms with Crippen LogP contribution in [0.25, 0.3) is 22.0 Å². The molecule has 2 aromatic carbocycles. The van der Waals surface area contributed by atoms with Crippen molar-refractivity contribution in [3.8, 4) is 11.1 Å². The van der Waals surface area contributed by atoms with Crippen LogP contribution < -0.4 is 0 Å². The monoisotopic (exact) mass is 391 g/mol. The fraction of sp³-hybridized carbons (Fsp3) is 0.174. The van der Waals surface area contributed by atoms with E-state index in [-0.39, 0.29) is 23.4 Å². The Hall–Kier alpha value is -3.54. The van der Waals surface area contributed by atoms with Gasteiger partial charge in [0.05, 0.1) is 26.0 Å². The number of amides is 1. The van der Waals surface area contributed by atoms with Gasteiger partial charge in [-0.05, 0) is 47.9 Å². The molecule has 0 saturated carbocycles. The van der Waals surface area contributed by atoms with Crippen molar-refractivity contribution in [1.29, 1.82) is 0 Å². The van der Waals surface area contributed by atoms with Gasteiger partial charge < -0.3 is 4.90 Å². The highest BCUT2D eigenvalue weighted by Gasteiger charge is 2.29. The Balaban J connectivity index is 1.54. The van der Waals surface area contributed by atoms with Gasteiger partial charge in [-0.15, -0.1) is 0 Å². The van der Waals surface area contributed by atoms with Gasteiger partial charge in [-0.3, -0.25) is 14.5 Å². The molecule has 29 heavy (non-hydrogen) atoms. The molecular formula is C23H19FN4O. The number of aromatic nitrogens is 3. The summed E-state index contributed by atoms with van der Waals surface area (Å²) in [5.74, 6) is -1.14. The van der Waals surface area contributed by atoms with Crippen LogP contribution in [0.4, 0.5) is 4.39 Å². The van der Waals surface area contributed by atoms with Crippen molar-refractivity contribution in [2.45, 2.75) is 20.0 Å². The number of rotatable bonds is 3. The topological polar surface area (TPSA) is 51.0 Å². The summed E-state index contributed by atoms with van der Waals surface area (Å²) in [5.41, 5.74) is 2.52. The van der Waals surface area contributed by atoms with E-state index in [1.165, 1.54) is 24.5 Å². The first-order valence-corrected chi connectivity index (χ1v) is 9.04. The van der Waals surface area contributed by atoms with E-state index in [1.54, 1.807) is 37.3 Å². The highest BCUT2D eigenvalue weighted by Crippen LogP contribution is 2.32. The zero-order valence-corrected chi connectivity index (χ0v) is 15.5. The fourth-order valence-electron chi connectivity index (χ4n) is 3.69. The maximum atomic E-state index is 15.4. The predicted octanol–water partition coefficient (Wildman–Crippen LogP) is 4.24. The van der Waals surface area contributed by atoms with Crippen LogP contribution in [0, 0.1) is 12.7 Å². The maximum absolute atomic E-state index is 15.4. The molecule has 144 valence electrons. The molecule has 4 aromatic rings. The number of carbonyl (C=O) groups excluding carboxylic acids is 1. The SMILES string of the molecule is [2H]C1([2H])c2ncccc2C(=O)N1Cc1c(C)cc(-c2cccc3nn(C([2H])([2H])[2H])cc23)cc1F. The molecule has 1 amide bonds. The van der Waals surface area contributed by atoms with Gasteiger partial charge in [0.15, 0.2) is 0 Å². The number of pyridine rings is 1. The van der Waals surface area contributed by atoms with E-state index in [4.69, 9.17) is 6.85 Å². The van der Waals surface area contributed by atoms with Crippen molar-refractivity contribution >= 4 is 16.8 Å². The second kappa shape index (κ2) is 6.51. The van der Waals surface area contributed by atoms with Crippen molar-refractivity contribution in [2.75, 3.05) is 0 Å². The van der Waals surface area contributed by atoms with E-state index in [1.807, 2.05) is 0 Å². The molecule has 0 bridgehead atoms. The average Bonchev–Trinajstić information content (AvgIpc) is 3.30. The quantitative estimate of drug-likeness (QED) is 0.525. The van der Waals surface area contributed by atoms with Crippen LogP contribution >= 0.6 is 0 Å². The van der Waals surface area contributed by atoms with Crippen molar-refractivity contribution in [3.63, 3.8) is 0 Å². The summed E-state index contributed by atoms with van der Waals surface area (Å²) in [6, 6.07) is 11.3. The van der Waals surface area contributed by atoms with Crippen LogP contribution in [0.5, 0.6) is 0 Å². The molecule has 1 aliphatic heterocycles. The van der Waals surface area contributed by atoms with E-state index in [9.17, 15) is 4.79 Å². The van der Waals surface area contributed by atoms with Crippen molar-refractivity contribution in [3.05, 3.63) is 83.1 Å². The zero-order chi connectivity index (χ0) is 24.4. The summed E-state index contributed by atoms with van der Waals surface area (Å²) in [6.45, 7) is -3.17. The van der Waals surface area contributed by atoms with Crippen LogP contribution in [0.2, 0.25) is 0 Å². The number of fused-ring (bicyclic) bond motifs is 2. The van der Waals surface area contributed by atoms with Crippen LogP contribution in [-0.2, 0) is 20.0 Å². The van der Waals surface area contributed by atoms with E-state index < -0.39 is 25.2 Å². The number of aryl methyl sites for hydroxylation is 2. The van der Waals surface area contributed by atoms with E-state index in [0.717, 1.165) is 9.58 Å². The first kappa shape index (κ1) is 12.8. The first-order chi connectivity index (χ1) is 16.0. The minimum absolute atomic E-state index is 0.0210. The summed E-state index contributed by atoms with van der Waals surface area (Å²) in [6.07, 6.45) is 2.84. The number of carbonyl (C=O) groups is 1. The molecule has 0 unspecified atom stereocenters. The third-order valence-electron chi connectivity index (χ3n) is 5.12. The second-order valence-electron chi connectivity index (χ2n) is 6.97. The lowest BCUT2D eigenvalue weighted by Crippen LogP contribution is -2.24. The molecular weight excluding hydrogens is 367 g/mol. The molecule has 1 aliphatic rings. The number of nitrogens with zero attached hydrogens (tertiary/aromatic N) is 4. The van der Waals surface area contributed by atoms with Gasteiger partial charge in [0.2, 0.25) is 0 Å². The van der Waals surface area contributed by atoms with E-state index in [2.05, 4.69) is 10.1 Å². The van der Waals surface area contributed by atoms with Crippen LogP contribution in [0.3, 0.4) is 0 Å². The van der Waals surface area contributed by atoms with Crippen molar-refractivity contribution in [1.82, 2.24) is 19.7 Å². The van der Waals surface area contributed by atoms with Crippen molar-refractivity contribution < 1.29 is 16.0 Å². The Kier molecular flexibility index (Phi) is 2.88. The van der Waals surface area contributed by atoms with E-state index >= 15 is 4.39 Å². The highest BCUT2D eigenvalue weighted by atomic mass is 19.1. The highest BCUT2D eigenvalue weighted by molar-refractivity contribution is 5.98. The Labute approximate surface area is 174 Å². The van der Waals surface area contributed by atoms with Gasteiger partial charge in [-0.1, -0.05) is 18.2 Å². The summed E-state index contributed by atoms with van der Waals surface area (Å²) in [7, 11) is 0. The number of benzene rings is 2. The smallest absolute Gasteiger partial charge is 0.256 e. The zero-order valence-electron chi connectivity index (χ0n) is 20.5. The normalized spacial score (nSPS) is 18.1. The largest absolute Gasteiger partial charge is 0.328 e. The first-order valence-electron chi connectivity index (χ1n) is 11.5. The van der Waals surface area contributed by atoms with Crippen LogP contribution in [0.15, 0.2) is 54.9 Å².